The number of anilines is 1. The molecule has 1 saturated heterocycles. The average Bonchev–Trinajstić information content (AvgIpc) is 3.07. The third kappa shape index (κ3) is 3.57. The van der Waals surface area contributed by atoms with Gasteiger partial charge in [-0.3, -0.25) is 4.79 Å². The smallest absolute Gasteiger partial charge is 0.227 e. The molecule has 0 spiro atoms. The number of amides is 1. The Kier molecular flexibility index (Phi) is 5.11. The van der Waals surface area contributed by atoms with Crippen LogP contribution in [0.3, 0.4) is 0 Å². The first-order valence-electron chi connectivity index (χ1n) is 8.21. The van der Waals surface area contributed by atoms with Gasteiger partial charge in [0, 0.05) is 43.8 Å². The molecule has 1 amide bonds. The molecule has 2 N–H and O–H groups in total. The first-order valence-corrected chi connectivity index (χ1v) is 8.98. The molecule has 7 heteroatoms. The molecular formula is C17H23N5OS. The Morgan fingerprint density at radius 3 is 2.46 bits per heavy atom. The molecule has 2 aromatic rings. The number of nitrogens with two attached hydrogens (primary N) is 1. The number of carbonyl (C=O) groups is 1. The average molecular weight is 345 g/mol. The summed E-state index contributed by atoms with van der Waals surface area (Å²) in [6, 6.07) is 9.54. The van der Waals surface area contributed by atoms with Crippen LogP contribution in [0.1, 0.15) is 24.4 Å². The van der Waals surface area contributed by atoms with Crippen molar-refractivity contribution in [2.45, 2.75) is 19.9 Å². The Morgan fingerprint density at radius 1 is 1.21 bits per heavy atom. The zero-order valence-electron chi connectivity index (χ0n) is 14.1. The fraction of sp³-hybridized carbons (Fsp3) is 0.471. The number of hydrogen-bond acceptors (Lipinski definition) is 6. The molecule has 24 heavy (non-hydrogen) atoms. The SMILES string of the molecule is Cc1nsc(N2CCN(C(=O)C(C)C(N)c3ccccc3)CC2)n1. The largest absolute Gasteiger partial charge is 0.343 e. The highest BCUT2D eigenvalue weighted by atomic mass is 32.1. The minimum atomic E-state index is -0.275. The van der Waals surface area contributed by atoms with Gasteiger partial charge in [0.25, 0.3) is 0 Å². The van der Waals surface area contributed by atoms with Crippen molar-refractivity contribution in [1.29, 1.82) is 0 Å². The maximum absolute atomic E-state index is 12.8. The fourth-order valence-corrected chi connectivity index (χ4v) is 3.66. The minimum absolute atomic E-state index is 0.124. The minimum Gasteiger partial charge on any atom is -0.343 e. The van der Waals surface area contributed by atoms with Gasteiger partial charge < -0.3 is 15.5 Å². The van der Waals surface area contributed by atoms with Crippen molar-refractivity contribution in [1.82, 2.24) is 14.3 Å². The van der Waals surface area contributed by atoms with Gasteiger partial charge in [-0.25, -0.2) is 4.98 Å². The lowest BCUT2D eigenvalue weighted by molar-refractivity contribution is -0.136. The van der Waals surface area contributed by atoms with E-state index in [1.807, 2.05) is 49.1 Å². The number of rotatable bonds is 4. The molecule has 2 atom stereocenters. The maximum atomic E-state index is 12.8. The molecule has 0 aliphatic carbocycles. The Bertz CT molecular complexity index is 681. The van der Waals surface area contributed by atoms with Crippen LogP contribution in [0.25, 0.3) is 0 Å². The van der Waals surface area contributed by atoms with E-state index in [1.165, 1.54) is 11.5 Å². The second-order valence-corrected chi connectivity index (χ2v) is 6.89. The summed E-state index contributed by atoms with van der Waals surface area (Å²) in [7, 11) is 0. The molecule has 1 aliphatic rings. The number of piperazine rings is 1. The molecule has 6 nitrogen and oxygen atoms in total. The number of aromatic nitrogens is 2. The zero-order chi connectivity index (χ0) is 17.1. The van der Waals surface area contributed by atoms with Gasteiger partial charge in [0.2, 0.25) is 11.0 Å². The first-order chi connectivity index (χ1) is 11.6. The fourth-order valence-electron chi connectivity index (χ4n) is 2.94. The topological polar surface area (TPSA) is 75.4 Å². The zero-order valence-corrected chi connectivity index (χ0v) is 14.9. The standard InChI is InChI=1S/C17H23N5OS/c1-12(15(18)14-6-4-3-5-7-14)16(23)21-8-10-22(11-9-21)17-19-13(2)20-24-17/h3-7,12,15H,8-11,18H2,1-2H3. The molecular weight excluding hydrogens is 322 g/mol. The maximum Gasteiger partial charge on any atom is 0.227 e. The second-order valence-electron chi connectivity index (χ2n) is 6.16. The molecule has 1 aliphatic heterocycles. The number of hydrogen-bond donors (Lipinski definition) is 1. The van der Waals surface area contributed by atoms with E-state index in [2.05, 4.69) is 14.3 Å². The van der Waals surface area contributed by atoms with Gasteiger partial charge in [0.1, 0.15) is 5.82 Å². The first kappa shape index (κ1) is 16.9. The lowest BCUT2D eigenvalue weighted by atomic mass is 9.94. The highest BCUT2D eigenvalue weighted by Crippen LogP contribution is 2.23. The Hall–Kier alpha value is -1.99. The lowest BCUT2D eigenvalue weighted by Crippen LogP contribution is -2.51. The molecule has 1 aromatic carbocycles. The third-order valence-electron chi connectivity index (χ3n) is 4.49. The Labute approximate surface area is 146 Å². The van der Waals surface area contributed by atoms with Crippen LogP contribution in [-0.4, -0.2) is 46.3 Å². The molecule has 0 saturated carbocycles. The Balaban J connectivity index is 1.58. The van der Waals surface area contributed by atoms with Crippen LogP contribution in [0.2, 0.25) is 0 Å². The number of nitrogens with zero attached hydrogens (tertiary/aromatic N) is 4. The van der Waals surface area contributed by atoms with Gasteiger partial charge in [-0.05, 0) is 12.5 Å². The number of aryl methyl sites for hydroxylation is 1. The summed E-state index contributed by atoms with van der Waals surface area (Å²) >= 11 is 1.42. The number of benzene rings is 1. The van der Waals surface area contributed by atoms with E-state index >= 15 is 0 Å². The van der Waals surface area contributed by atoms with E-state index < -0.39 is 0 Å². The summed E-state index contributed by atoms with van der Waals surface area (Å²) in [5.41, 5.74) is 7.29. The molecule has 1 aromatic heterocycles. The van der Waals surface area contributed by atoms with Crippen molar-refractivity contribution < 1.29 is 4.79 Å². The van der Waals surface area contributed by atoms with Gasteiger partial charge in [-0.1, -0.05) is 37.3 Å². The predicted octanol–water partition coefficient (Wildman–Crippen LogP) is 1.83. The van der Waals surface area contributed by atoms with Gasteiger partial charge in [-0.2, -0.15) is 4.37 Å². The van der Waals surface area contributed by atoms with Gasteiger partial charge >= 0.3 is 0 Å². The monoisotopic (exact) mass is 345 g/mol. The summed E-state index contributed by atoms with van der Waals surface area (Å²) in [6.45, 7) is 6.78. The molecule has 2 unspecified atom stereocenters. The van der Waals surface area contributed by atoms with E-state index in [1.54, 1.807) is 0 Å². The molecule has 0 bridgehead atoms. The van der Waals surface area contributed by atoms with Crippen LogP contribution in [0.4, 0.5) is 5.13 Å². The van der Waals surface area contributed by atoms with E-state index in [0.717, 1.165) is 29.6 Å². The van der Waals surface area contributed by atoms with Crippen LogP contribution in [-0.2, 0) is 4.79 Å². The summed E-state index contributed by atoms with van der Waals surface area (Å²) in [5.74, 6) is 0.693. The van der Waals surface area contributed by atoms with Crippen LogP contribution in [0, 0.1) is 12.8 Å². The van der Waals surface area contributed by atoms with Crippen molar-refractivity contribution in [2.24, 2.45) is 11.7 Å². The lowest BCUT2D eigenvalue weighted by Gasteiger charge is -2.36. The quantitative estimate of drug-likeness (QED) is 0.915. The molecule has 1 fully saturated rings. The normalized spacial score (nSPS) is 17.6. The molecule has 0 radical (unpaired) electrons. The van der Waals surface area contributed by atoms with Gasteiger partial charge in [-0.15, -0.1) is 0 Å². The van der Waals surface area contributed by atoms with E-state index in [-0.39, 0.29) is 17.9 Å². The third-order valence-corrected chi connectivity index (χ3v) is 5.36. The molecule has 2 heterocycles. The highest BCUT2D eigenvalue weighted by Gasteiger charge is 2.29. The van der Waals surface area contributed by atoms with Crippen LogP contribution < -0.4 is 10.6 Å². The number of carbonyl (C=O) groups excluding carboxylic acids is 1. The Morgan fingerprint density at radius 2 is 1.88 bits per heavy atom. The summed E-state index contributed by atoms with van der Waals surface area (Å²) in [6.07, 6.45) is 0. The van der Waals surface area contributed by atoms with Crippen molar-refractivity contribution in [3.05, 3.63) is 41.7 Å². The summed E-state index contributed by atoms with van der Waals surface area (Å²) in [5, 5.41) is 0.939. The van der Waals surface area contributed by atoms with Crippen molar-refractivity contribution in [3.8, 4) is 0 Å². The highest BCUT2D eigenvalue weighted by molar-refractivity contribution is 7.09. The van der Waals surface area contributed by atoms with Crippen LogP contribution >= 0.6 is 11.5 Å². The van der Waals surface area contributed by atoms with E-state index in [4.69, 9.17) is 5.73 Å². The van der Waals surface area contributed by atoms with Gasteiger partial charge in [0.05, 0.1) is 5.92 Å². The van der Waals surface area contributed by atoms with Crippen LogP contribution in [0.15, 0.2) is 30.3 Å². The molecule has 3 rings (SSSR count). The summed E-state index contributed by atoms with van der Waals surface area (Å²) < 4.78 is 4.22. The van der Waals surface area contributed by atoms with Crippen molar-refractivity contribution in [3.63, 3.8) is 0 Å². The predicted molar refractivity (Wildman–Crippen MR) is 96.0 cm³/mol. The van der Waals surface area contributed by atoms with Gasteiger partial charge in [0.15, 0.2) is 0 Å². The van der Waals surface area contributed by atoms with Crippen molar-refractivity contribution in [2.75, 3.05) is 31.1 Å². The van der Waals surface area contributed by atoms with E-state index in [0.29, 0.717) is 13.1 Å². The molecule has 128 valence electrons. The van der Waals surface area contributed by atoms with Crippen molar-refractivity contribution >= 4 is 22.6 Å². The van der Waals surface area contributed by atoms with Crippen LogP contribution in [0.5, 0.6) is 0 Å². The summed E-state index contributed by atoms with van der Waals surface area (Å²) in [4.78, 5) is 21.3. The second kappa shape index (κ2) is 7.27. The van der Waals surface area contributed by atoms with E-state index in [9.17, 15) is 4.79 Å².